The molecule has 0 spiro atoms. The van der Waals surface area contributed by atoms with Gasteiger partial charge in [-0.05, 0) is 18.3 Å². The smallest absolute Gasteiger partial charge is 1.00 e. The van der Waals surface area contributed by atoms with Gasteiger partial charge in [0.05, 0.1) is 15.6 Å². The molecule has 1 heterocycles. The van der Waals surface area contributed by atoms with E-state index in [4.69, 9.17) is 39.8 Å². The van der Waals surface area contributed by atoms with Crippen molar-refractivity contribution in [1.82, 2.24) is 4.98 Å². The van der Waals surface area contributed by atoms with Crippen LogP contribution in [0.2, 0.25) is 10.0 Å². The maximum absolute atomic E-state index is 5.77. The number of rotatable bonds is 0. The Balaban J connectivity index is 0.000000845. The zero-order valence-corrected chi connectivity index (χ0v) is 12.2. The second-order valence-corrected chi connectivity index (χ2v) is 3.46. The number of aromatic nitrogens is 1. The normalized spacial score (nSPS) is 10.0. The van der Waals surface area contributed by atoms with Crippen LogP contribution >= 0.6 is 35.4 Å². The van der Waals surface area contributed by atoms with Crippen molar-refractivity contribution in [3.63, 3.8) is 0 Å². The predicted molar refractivity (Wildman–Crippen MR) is 52.5 cm³/mol. The molecule has 0 fully saturated rings. The second kappa shape index (κ2) is 4.77. The van der Waals surface area contributed by atoms with Crippen molar-refractivity contribution >= 4 is 46.5 Å². The first-order valence-corrected chi connectivity index (χ1v) is 4.31. The Kier molecular flexibility index (Phi) is 4.47. The molecule has 64 valence electrons. The topological polar surface area (TPSA) is 28.9 Å². The average molecular weight is 260 g/mol. The van der Waals surface area contributed by atoms with Gasteiger partial charge in [-0.2, -0.15) is 0 Å². The summed E-state index contributed by atoms with van der Waals surface area (Å²) in [6.07, 6.45) is 0. The van der Waals surface area contributed by atoms with E-state index in [9.17, 15) is 0 Å². The van der Waals surface area contributed by atoms with Gasteiger partial charge in [0.2, 0.25) is 0 Å². The van der Waals surface area contributed by atoms with E-state index in [-0.39, 0.29) is 52.8 Å². The standard InChI is InChI=1S/C7H3Cl2NOS.K.H/c8-3-1-5-6(2-4(3)9)11-7(12)10-5;;/h1-2H,(H,10,12);;/q;+1;-1. The second-order valence-electron chi connectivity index (χ2n) is 2.28. The third-order valence-electron chi connectivity index (χ3n) is 1.46. The van der Waals surface area contributed by atoms with Gasteiger partial charge in [-0.25, -0.2) is 0 Å². The number of nitrogens with one attached hydrogen (secondary N) is 1. The Morgan fingerprint density at radius 2 is 1.92 bits per heavy atom. The average Bonchev–Trinajstić information content (AvgIpc) is 2.30. The van der Waals surface area contributed by atoms with Gasteiger partial charge < -0.3 is 10.8 Å². The molecule has 6 heteroatoms. The van der Waals surface area contributed by atoms with Gasteiger partial charge in [0.25, 0.3) is 4.84 Å². The van der Waals surface area contributed by atoms with Crippen LogP contribution in [-0.4, -0.2) is 4.98 Å². The molecule has 0 bridgehead atoms. The Hall–Kier alpha value is 1.13. The summed E-state index contributed by atoms with van der Waals surface area (Å²) in [5.41, 5.74) is 1.38. The van der Waals surface area contributed by atoms with E-state index in [0.717, 1.165) is 5.52 Å². The molecule has 0 saturated carbocycles. The molecule has 0 saturated heterocycles. The van der Waals surface area contributed by atoms with Crippen LogP contribution in [0.4, 0.5) is 0 Å². The van der Waals surface area contributed by atoms with E-state index in [1.165, 1.54) is 0 Å². The van der Waals surface area contributed by atoms with Crippen molar-refractivity contribution in [3.8, 4) is 0 Å². The van der Waals surface area contributed by atoms with Crippen LogP contribution in [0.25, 0.3) is 11.1 Å². The Morgan fingerprint density at radius 1 is 1.31 bits per heavy atom. The van der Waals surface area contributed by atoms with Gasteiger partial charge in [0.15, 0.2) is 5.58 Å². The first-order chi connectivity index (χ1) is 5.66. The quantitative estimate of drug-likeness (QED) is 0.563. The molecule has 0 unspecified atom stereocenters. The summed E-state index contributed by atoms with van der Waals surface area (Å²) in [6, 6.07) is 3.31. The summed E-state index contributed by atoms with van der Waals surface area (Å²) in [5, 5.41) is 0.943. The molecule has 0 atom stereocenters. The zero-order valence-electron chi connectivity index (χ0n) is 7.73. The maximum Gasteiger partial charge on any atom is 1.00 e. The molecule has 0 aliphatic rings. The fourth-order valence-electron chi connectivity index (χ4n) is 0.946. The SMILES string of the molecule is S=c1[nH]c2cc(Cl)c(Cl)cc2o1.[H-].[K+]. The summed E-state index contributed by atoms with van der Waals surface area (Å²) in [6.45, 7) is 0. The largest absolute Gasteiger partial charge is 1.00 e. The fraction of sp³-hybridized carbons (Fsp3) is 0. The van der Waals surface area contributed by atoms with E-state index in [0.29, 0.717) is 20.5 Å². The van der Waals surface area contributed by atoms with Crippen molar-refractivity contribution in [2.24, 2.45) is 0 Å². The van der Waals surface area contributed by atoms with Crippen molar-refractivity contribution in [2.75, 3.05) is 0 Å². The first-order valence-electron chi connectivity index (χ1n) is 3.15. The number of benzene rings is 1. The predicted octanol–water partition coefficient (Wildman–Crippen LogP) is 0.914. The molecule has 0 amide bonds. The summed E-state index contributed by atoms with van der Waals surface area (Å²) in [7, 11) is 0. The van der Waals surface area contributed by atoms with Crippen LogP contribution in [0, 0.1) is 4.84 Å². The van der Waals surface area contributed by atoms with E-state index >= 15 is 0 Å². The number of fused-ring (bicyclic) bond motifs is 1. The molecule has 2 aromatic rings. The van der Waals surface area contributed by atoms with Gasteiger partial charge in [-0.3, -0.25) is 0 Å². The molecule has 0 aliphatic carbocycles. The van der Waals surface area contributed by atoms with Gasteiger partial charge >= 0.3 is 51.4 Å². The summed E-state index contributed by atoms with van der Waals surface area (Å²) in [4.78, 5) is 3.15. The zero-order chi connectivity index (χ0) is 8.72. The van der Waals surface area contributed by atoms with E-state index in [1.54, 1.807) is 12.1 Å². The van der Waals surface area contributed by atoms with Gasteiger partial charge in [0, 0.05) is 6.07 Å². The van der Waals surface area contributed by atoms with Crippen molar-refractivity contribution in [2.45, 2.75) is 0 Å². The van der Waals surface area contributed by atoms with Crippen LogP contribution in [0.15, 0.2) is 16.5 Å². The minimum atomic E-state index is 0. The number of halogens is 2. The van der Waals surface area contributed by atoms with Gasteiger partial charge in [-0.15, -0.1) is 0 Å². The molecule has 2 rings (SSSR count). The van der Waals surface area contributed by atoms with Crippen LogP contribution in [0.5, 0.6) is 0 Å². The Bertz CT molecular complexity index is 456. The number of hydrogen-bond donors (Lipinski definition) is 1. The third kappa shape index (κ3) is 2.57. The summed E-state index contributed by atoms with van der Waals surface area (Å²) in [5.74, 6) is 0. The molecule has 1 aromatic carbocycles. The third-order valence-corrected chi connectivity index (χ3v) is 2.37. The molecule has 0 radical (unpaired) electrons. The summed E-state index contributed by atoms with van der Waals surface area (Å²) >= 11 is 16.3. The molecular formula is C7H4Cl2KNOS. The van der Waals surface area contributed by atoms with E-state index in [2.05, 4.69) is 4.98 Å². The van der Waals surface area contributed by atoms with Crippen molar-refractivity contribution in [3.05, 3.63) is 27.0 Å². The van der Waals surface area contributed by atoms with Gasteiger partial charge in [0.1, 0.15) is 0 Å². The molecular weight excluding hydrogens is 256 g/mol. The Labute approximate surface area is 133 Å². The number of oxazole rings is 1. The molecule has 1 aromatic heterocycles. The Morgan fingerprint density at radius 3 is 2.62 bits per heavy atom. The first kappa shape index (κ1) is 12.2. The van der Waals surface area contributed by atoms with Crippen LogP contribution in [0.3, 0.4) is 0 Å². The van der Waals surface area contributed by atoms with E-state index < -0.39 is 0 Å². The van der Waals surface area contributed by atoms with Gasteiger partial charge in [-0.1, -0.05) is 23.2 Å². The minimum absolute atomic E-state index is 0. The maximum atomic E-state index is 5.77. The summed E-state index contributed by atoms with van der Waals surface area (Å²) < 4.78 is 5.12. The van der Waals surface area contributed by atoms with Crippen LogP contribution in [0.1, 0.15) is 1.43 Å². The van der Waals surface area contributed by atoms with Crippen LogP contribution < -0.4 is 51.4 Å². The number of aromatic amines is 1. The minimum Gasteiger partial charge on any atom is -1.00 e. The van der Waals surface area contributed by atoms with Crippen molar-refractivity contribution in [1.29, 1.82) is 0 Å². The molecule has 0 aliphatic heterocycles. The fourth-order valence-corrected chi connectivity index (χ4v) is 1.46. The molecule has 1 N–H and O–H groups in total. The van der Waals surface area contributed by atoms with Crippen molar-refractivity contribution < 1.29 is 57.2 Å². The van der Waals surface area contributed by atoms with Crippen LogP contribution in [-0.2, 0) is 0 Å². The molecule has 13 heavy (non-hydrogen) atoms. The number of hydrogen-bond acceptors (Lipinski definition) is 2. The molecule has 2 nitrogen and oxygen atoms in total. The number of H-pyrrole nitrogens is 1. The van der Waals surface area contributed by atoms with E-state index in [1.807, 2.05) is 0 Å². The monoisotopic (exact) mass is 259 g/mol.